The third-order valence-corrected chi connectivity index (χ3v) is 0. The fraction of sp³-hybridized carbons (Fsp3) is 0. The molecule has 0 radical (unpaired) electrons. The number of hydrogen-bond donors (Lipinski definition) is 0. The van der Waals surface area contributed by atoms with E-state index in [1.165, 1.54) is 0 Å². The summed E-state index contributed by atoms with van der Waals surface area (Å²) in [6.07, 6.45) is 2.09. The van der Waals surface area contributed by atoms with Gasteiger partial charge >= 0.3 is 0 Å². The Bertz CT molecular complexity index is 29.0. The molecule has 0 saturated carbocycles. The first-order valence-corrected chi connectivity index (χ1v) is 4.46. The summed E-state index contributed by atoms with van der Waals surface area (Å²) in [7, 11) is 0. The Kier molecular flexibility index (Phi) is 2.61. The van der Waals surface area contributed by atoms with Crippen molar-refractivity contribution in [1.29, 1.82) is 0 Å². The molecule has 0 spiro atoms. The van der Waals surface area contributed by atoms with E-state index in [2.05, 4.69) is 6.30 Å². The van der Waals surface area contributed by atoms with Crippen LogP contribution in [0.5, 0.6) is 0 Å². The van der Waals surface area contributed by atoms with E-state index in [9.17, 15) is 0 Å². The minimum atomic E-state index is -1.19. The summed E-state index contributed by atoms with van der Waals surface area (Å²) in [5.41, 5.74) is 0. The molecule has 0 fully saturated rings. The zero-order valence-corrected chi connectivity index (χ0v) is 4.47. The molecular formula is CH3Cl2P. The highest BCUT2D eigenvalue weighted by Gasteiger charge is 1.56. The number of halogens is 2. The summed E-state index contributed by atoms with van der Waals surface area (Å²) in [4.78, 5) is 0. The van der Waals surface area contributed by atoms with Crippen LogP contribution in [0.1, 0.15) is 0 Å². The molecule has 0 bridgehead atoms. The molecule has 0 aliphatic carbocycles. The van der Waals surface area contributed by atoms with E-state index in [1.807, 2.05) is 0 Å². The van der Waals surface area contributed by atoms with Crippen molar-refractivity contribution in [2.45, 2.75) is 0 Å². The summed E-state index contributed by atoms with van der Waals surface area (Å²) < 4.78 is 0. The fourth-order valence-electron chi connectivity index (χ4n) is 0. The van der Waals surface area contributed by atoms with E-state index in [-0.39, 0.29) is 0 Å². The maximum Gasteiger partial charge on any atom is 0.0432 e. The Hall–Kier alpha value is 0.880. The molecular weight excluding hydrogens is 114 g/mol. The molecule has 0 aromatic rings. The molecule has 0 aromatic carbocycles. The molecule has 4 heavy (non-hydrogen) atoms. The summed E-state index contributed by atoms with van der Waals surface area (Å²) in [5.74, 6) is 0. The Morgan fingerprint density at radius 3 is 1.50 bits per heavy atom. The van der Waals surface area contributed by atoms with Crippen LogP contribution < -0.4 is 0 Å². The lowest BCUT2D eigenvalue weighted by atomic mass is 12.0. The van der Waals surface area contributed by atoms with E-state index in [0.29, 0.717) is 0 Å². The molecule has 0 aliphatic heterocycles. The van der Waals surface area contributed by atoms with Crippen molar-refractivity contribution in [3.05, 3.63) is 0 Å². The predicted molar refractivity (Wildman–Crippen MR) is 27.1 cm³/mol. The molecule has 3 heteroatoms. The smallest absolute Gasteiger partial charge is 0.0432 e. The molecule has 0 unspecified atom stereocenters. The molecule has 0 N–H and O–H groups in total. The normalized spacial score (nSPS) is 8.75. The fourth-order valence-corrected chi connectivity index (χ4v) is 0. The first-order valence-electron chi connectivity index (χ1n) is 0.732. The minimum absolute atomic E-state index is 1.19. The van der Waals surface area contributed by atoms with Crippen LogP contribution in [0.4, 0.5) is 0 Å². The SMILES string of the molecule is C=[PH](Cl)Cl. The summed E-state index contributed by atoms with van der Waals surface area (Å²) in [5, 5.41) is 0. The van der Waals surface area contributed by atoms with Gasteiger partial charge in [-0.25, -0.2) is 0 Å². The van der Waals surface area contributed by atoms with Gasteiger partial charge in [-0.1, -0.05) is 28.8 Å². The largest absolute Gasteiger partial charge is 0.0846 e. The lowest BCUT2D eigenvalue weighted by Crippen LogP contribution is -1.00. The molecule has 0 aromatic heterocycles. The molecule has 26 valence electrons. The van der Waals surface area contributed by atoms with Crippen molar-refractivity contribution in [1.82, 2.24) is 0 Å². The van der Waals surface area contributed by atoms with Gasteiger partial charge in [-0.2, -0.15) is 0 Å². The Labute approximate surface area is 35.7 Å². The van der Waals surface area contributed by atoms with Gasteiger partial charge in [0.25, 0.3) is 0 Å². The highest BCUT2D eigenvalue weighted by Crippen LogP contribution is 2.30. The van der Waals surface area contributed by atoms with Crippen molar-refractivity contribution in [2.75, 3.05) is 0 Å². The third kappa shape index (κ3) is 13.1. The van der Waals surface area contributed by atoms with Crippen LogP contribution >= 0.6 is 28.7 Å². The van der Waals surface area contributed by atoms with Gasteiger partial charge in [0.15, 0.2) is 0 Å². The summed E-state index contributed by atoms with van der Waals surface area (Å²) in [6, 6.07) is 0. The molecule has 0 aliphatic rings. The zero-order valence-electron chi connectivity index (χ0n) is 1.96. The Morgan fingerprint density at radius 1 is 1.50 bits per heavy atom. The topological polar surface area (TPSA) is 0 Å². The standard InChI is InChI=1S/CH3Cl2P/c1-4(2)3/h4H,1H2. The van der Waals surface area contributed by atoms with E-state index in [1.54, 1.807) is 0 Å². The third-order valence-electron chi connectivity index (χ3n) is 0. The maximum absolute atomic E-state index is 5.03. The summed E-state index contributed by atoms with van der Waals surface area (Å²) in [6.45, 7) is 0. The van der Waals surface area contributed by atoms with Crippen LogP contribution in [0.15, 0.2) is 0 Å². The van der Waals surface area contributed by atoms with Gasteiger partial charge < -0.3 is 0 Å². The van der Waals surface area contributed by atoms with Gasteiger partial charge in [-0.05, 0) is 0 Å². The second-order valence-corrected chi connectivity index (χ2v) is 4.33. The second kappa shape index (κ2) is 2.14. The van der Waals surface area contributed by atoms with E-state index >= 15 is 0 Å². The Morgan fingerprint density at radius 2 is 1.50 bits per heavy atom. The van der Waals surface area contributed by atoms with Crippen LogP contribution in [0, 0.1) is 0 Å². The maximum atomic E-state index is 5.03. The molecule has 0 saturated heterocycles. The second-order valence-electron chi connectivity index (χ2n) is 0.339. The highest BCUT2D eigenvalue weighted by atomic mass is 35.9. The van der Waals surface area contributed by atoms with Crippen LogP contribution in [-0.2, 0) is 0 Å². The zero-order chi connectivity index (χ0) is 3.58. The summed E-state index contributed by atoms with van der Waals surface area (Å²) >= 11 is 10.1. The van der Waals surface area contributed by atoms with Crippen LogP contribution in [0.2, 0.25) is 0 Å². The monoisotopic (exact) mass is 116 g/mol. The van der Waals surface area contributed by atoms with E-state index in [4.69, 9.17) is 22.5 Å². The molecule has 0 heterocycles. The van der Waals surface area contributed by atoms with E-state index < -0.39 is 6.25 Å². The van der Waals surface area contributed by atoms with Crippen molar-refractivity contribution in [3.8, 4) is 0 Å². The van der Waals surface area contributed by atoms with Gasteiger partial charge in [0.2, 0.25) is 0 Å². The molecule has 0 atom stereocenters. The number of hydrogen-bond acceptors (Lipinski definition) is 0. The first kappa shape index (κ1) is 4.88. The quantitative estimate of drug-likeness (QED) is 0.425. The van der Waals surface area contributed by atoms with Gasteiger partial charge in [0.05, 0.1) is 0 Å². The average Bonchev–Trinajstić information content (AvgIpc) is 0.811. The van der Waals surface area contributed by atoms with Crippen LogP contribution in [-0.4, -0.2) is 6.30 Å². The Balaban J connectivity index is 2.80. The van der Waals surface area contributed by atoms with Crippen LogP contribution in [0.3, 0.4) is 0 Å². The van der Waals surface area contributed by atoms with Crippen molar-refractivity contribution < 1.29 is 0 Å². The lowest BCUT2D eigenvalue weighted by molar-refractivity contribution is 4.49. The number of rotatable bonds is 0. The molecule has 0 amide bonds. The van der Waals surface area contributed by atoms with Gasteiger partial charge in [0.1, 0.15) is 0 Å². The average molecular weight is 117 g/mol. The van der Waals surface area contributed by atoms with Crippen molar-refractivity contribution in [3.63, 3.8) is 0 Å². The van der Waals surface area contributed by atoms with Gasteiger partial charge in [-0.3, -0.25) is 0 Å². The predicted octanol–water partition coefficient (Wildman–Crippen LogP) is 1.94. The highest BCUT2D eigenvalue weighted by molar-refractivity contribution is 8.01. The minimum Gasteiger partial charge on any atom is -0.0846 e. The van der Waals surface area contributed by atoms with Crippen molar-refractivity contribution in [2.24, 2.45) is 0 Å². The lowest BCUT2D eigenvalue weighted by Gasteiger charge is -1.60. The first-order chi connectivity index (χ1) is 1.73. The van der Waals surface area contributed by atoms with Gasteiger partial charge in [-0.15, -0.1) is 0 Å². The van der Waals surface area contributed by atoms with Crippen molar-refractivity contribution >= 4 is 35.0 Å². The van der Waals surface area contributed by atoms with Crippen LogP contribution in [0.25, 0.3) is 0 Å². The molecule has 0 rings (SSSR count). The van der Waals surface area contributed by atoms with Gasteiger partial charge in [0, 0.05) is 6.25 Å². The molecule has 0 nitrogen and oxygen atoms in total. The van der Waals surface area contributed by atoms with E-state index in [0.717, 1.165) is 0 Å².